The Labute approximate surface area is 79.2 Å². The van der Waals surface area contributed by atoms with Crippen molar-refractivity contribution >= 4 is 15.8 Å². The molecule has 1 unspecified atom stereocenters. The molecule has 0 saturated carbocycles. The van der Waals surface area contributed by atoms with Crippen LogP contribution in [0.15, 0.2) is 0 Å². The highest BCUT2D eigenvalue weighted by molar-refractivity contribution is 7.92. The van der Waals surface area contributed by atoms with E-state index in [1.54, 1.807) is 0 Å². The number of methoxy groups -OCH3 is 1. The first kappa shape index (κ1) is 12.4. The summed E-state index contributed by atoms with van der Waals surface area (Å²) in [6.07, 6.45) is 1.39. The third-order valence-corrected chi connectivity index (χ3v) is 3.98. The molecule has 0 saturated heterocycles. The summed E-state index contributed by atoms with van der Waals surface area (Å²) < 4.78 is 27.1. The van der Waals surface area contributed by atoms with Crippen LogP contribution in [0.3, 0.4) is 0 Å². The second-order valence-electron chi connectivity index (χ2n) is 2.89. The van der Waals surface area contributed by atoms with E-state index in [0.29, 0.717) is 6.42 Å². The van der Waals surface area contributed by atoms with Gasteiger partial charge in [0.15, 0.2) is 15.1 Å². The van der Waals surface area contributed by atoms with Gasteiger partial charge in [0.05, 0.1) is 12.9 Å². The first-order chi connectivity index (χ1) is 5.95. The maximum absolute atomic E-state index is 11.4. The van der Waals surface area contributed by atoms with Crippen LogP contribution in [0.1, 0.15) is 26.7 Å². The van der Waals surface area contributed by atoms with Gasteiger partial charge in [0, 0.05) is 0 Å². The fourth-order valence-electron chi connectivity index (χ4n) is 0.835. The summed E-state index contributed by atoms with van der Waals surface area (Å²) in [5, 5.41) is -1.04. The quantitative estimate of drug-likeness (QED) is 0.626. The van der Waals surface area contributed by atoms with Gasteiger partial charge in [-0.25, -0.2) is 8.42 Å². The number of unbranched alkanes of at least 4 members (excludes halogenated alkanes) is 1. The van der Waals surface area contributed by atoms with Crippen molar-refractivity contribution < 1.29 is 17.9 Å². The first-order valence-corrected chi connectivity index (χ1v) is 5.96. The van der Waals surface area contributed by atoms with Gasteiger partial charge in [-0.05, 0) is 13.3 Å². The molecular formula is C8H16O4S. The molecule has 0 amide bonds. The van der Waals surface area contributed by atoms with Crippen molar-refractivity contribution in [2.75, 3.05) is 12.9 Å². The summed E-state index contributed by atoms with van der Waals surface area (Å²) in [6.45, 7) is 3.26. The monoisotopic (exact) mass is 208 g/mol. The van der Waals surface area contributed by atoms with E-state index < -0.39 is 21.1 Å². The van der Waals surface area contributed by atoms with Gasteiger partial charge < -0.3 is 4.74 Å². The topological polar surface area (TPSA) is 60.4 Å². The molecule has 0 aliphatic rings. The lowest BCUT2D eigenvalue weighted by Gasteiger charge is -2.09. The van der Waals surface area contributed by atoms with E-state index in [9.17, 15) is 13.2 Å². The van der Waals surface area contributed by atoms with Crippen LogP contribution in [0.2, 0.25) is 0 Å². The van der Waals surface area contributed by atoms with Crippen LogP contribution in [-0.4, -0.2) is 32.5 Å². The lowest BCUT2D eigenvalue weighted by atomic mass is 10.4. The van der Waals surface area contributed by atoms with Crippen molar-refractivity contribution in [3.05, 3.63) is 0 Å². The maximum Gasteiger partial charge on any atom is 0.323 e. The van der Waals surface area contributed by atoms with Gasteiger partial charge in [0.1, 0.15) is 0 Å². The number of ether oxygens (including phenoxy) is 1. The van der Waals surface area contributed by atoms with Crippen LogP contribution in [0.4, 0.5) is 0 Å². The molecule has 0 heterocycles. The smallest absolute Gasteiger partial charge is 0.323 e. The summed E-state index contributed by atoms with van der Waals surface area (Å²) in [6, 6.07) is 0. The molecule has 0 rings (SSSR count). The Morgan fingerprint density at radius 2 is 2.00 bits per heavy atom. The molecule has 78 valence electrons. The van der Waals surface area contributed by atoms with E-state index >= 15 is 0 Å². The van der Waals surface area contributed by atoms with E-state index in [1.165, 1.54) is 14.0 Å². The van der Waals surface area contributed by atoms with Crippen LogP contribution < -0.4 is 0 Å². The third kappa shape index (κ3) is 3.76. The fraction of sp³-hybridized carbons (Fsp3) is 0.875. The zero-order chi connectivity index (χ0) is 10.5. The highest BCUT2D eigenvalue weighted by Gasteiger charge is 2.27. The Morgan fingerprint density at radius 1 is 1.46 bits per heavy atom. The maximum atomic E-state index is 11.4. The second kappa shape index (κ2) is 5.21. The molecule has 0 spiro atoms. The van der Waals surface area contributed by atoms with E-state index in [0.717, 1.165) is 6.42 Å². The molecule has 5 heteroatoms. The van der Waals surface area contributed by atoms with Crippen molar-refractivity contribution in [3.63, 3.8) is 0 Å². The molecule has 0 aliphatic heterocycles. The van der Waals surface area contributed by atoms with Gasteiger partial charge in [0.25, 0.3) is 0 Å². The number of esters is 1. The number of carbonyl (C=O) groups is 1. The minimum atomic E-state index is -3.31. The molecule has 0 aromatic carbocycles. The largest absolute Gasteiger partial charge is 0.468 e. The molecule has 0 fully saturated rings. The van der Waals surface area contributed by atoms with Crippen LogP contribution in [0.25, 0.3) is 0 Å². The number of carbonyl (C=O) groups excluding carboxylic acids is 1. The molecular weight excluding hydrogens is 192 g/mol. The van der Waals surface area contributed by atoms with Gasteiger partial charge in [-0.2, -0.15) is 0 Å². The van der Waals surface area contributed by atoms with E-state index in [4.69, 9.17) is 0 Å². The highest BCUT2D eigenvalue weighted by Crippen LogP contribution is 2.06. The van der Waals surface area contributed by atoms with Crippen molar-refractivity contribution in [1.82, 2.24) is 0 Å². The van der Waals surface area contributed by atoms with Gasteiger partial charge in [0.2, 0.25) is 0 Å². The average molecular weight is 208 g/mol. The lowest BCUT2D eigenvalue weighted by molar-refractivity contribution is -0.139. The Bertz CT molecular complexity index is 255. The number of hydrogen-bond acceptors (Lipinski definition) is 4. The normalized spacial score (nSPS) is 13.8. The lowest BCUT2D eigenvalue weighted by Crippen LogP contribution is -2.30. The zero-order valence-electron chi connectivity index (χ0n) is 8.24. The van der Waals surface area contributed by atoms with Crippen molar-refractivity contribution in [1.29, 1.82) is 0 Å². The number of rotatable bonds is 5. The van der Waals surface area contributed by atoms with Crippen LogP contribution in [0, 0.1) is 0 Å². The highest BCUT2D eigenvalue weighted by atomic mass is 32.2. The summed E-state index contributed by atoms with van der Waals surface area (Å²) in [7, 11) is -2.12. The Hall–Kier alpha value is -0.580. The molecule has 1 atom stereocenters. The van der Waals surface area contributed by atoms with Crippen LogP contribution in [-0.2, 0) is 19.4 Å². The number of hydrogen-bond donors (Lipinski definition) is 0. The van der Waals surface area contributed by atoms with Crippen molar-refractivity contribution in [3.8, 4) is 0 Å². The molecule has 0 bridgehead atoms. The van der Waals surface area contributed by atoms with E-state index in [1.807, 2.05) is 6.92 Å². The van der Waals surface area contributed by atoms with Crippen molar-refractivity contribution in [2.24, 2.45) is 0 Å². The SMILES string of the molecule is CCCCS(=O)(=O)C(C)C(=O)OC. The molecule has 13 heavy (non-hydrogen) atoms. The Balaban J connectivity index is 4.37. The fourth-order valence-corrected chi connectivity index (χ4v) is 2.27. The van der Waals surface area contributed by atoms with Crippen molar-refractivity contribution in [2.45, 2.75) is 31.9 Å². The molecule has 4 nitrogen and oxygen atoms in total. The second-order valence-corrected chi connectivity index (χ2v) is 5.33. The summed E-state index contributed by atoms with van der Waals surface area (Å²) in [5.74, 6) is -0.629. The summed E-state index contributed by atoms with van der Waals surface area (Å²) in [4.78, 5) is 10.9. The van der Waals surface area contributed by atoms with Gasteiger partial charge in [-0.1, -0.05) is 13.3 Å². The minimum Gasteiger partial charge on any atom is -0.468 e. The molecule has 0 N–H and O–H groups in total. The van der Waals surface area contributed by atoms with Gasteiger partial charge in [-0.15, -0.1) is 0 Å². The zero-order valence-corrected chi connectivity index (χ0v) is 9.06. The molecule has 0 aliphatic carbocycles. The molecule has 0 aromatic heterocycles. The minimum absolute atomic E-state index is 0.0553. The van der Waals surface area contributed by atoms with E-state index in [-0.39, 0.29) is 5.75 Å². The average Bonchev–Trinajstić information content (AvgIpc) is 2.12. The molecule has 0 aromatic rings. The van der Waals surface area contributed by atoms with Crippen LogP contribution in [0.5, 0.6) is 0 Å². The number of sulfone groups is 1. The third-order valence-electron chi connectivity index (χ3n) is 1.85. The predicted molar refractivity (Wildman–Crippen MR) is 50.2 cm³/mol. The van der Waals surface area contributed by atoms with Crippen LogP contribution >= 0.6 is 0 Å². The Kier molecular flexibility index (Phi) is 4.98. The standard InChI is InChI=1S/C8H16O4S/c1-4-5-6-13(10,11)7(2)8(9)12-3/h7H,4-6H2,1-3H3. The Morgan fingerprint density at radius 3 is 2.38 bits per heavy atom. The summed E-state index contributed by atoms with van der Waals surface area (Å²) >= 11 is 0. The summed E-state index contributed by atoms with van der Waals surface area (Å²) in [5.41, 5.74) is 0. The van der Waals surface area contributed by atoms with Gasteiger partial charge >= 0.3 is 5.97 Å². The molecule has 0 radical (unpaired) electrons. The predicted octanol–water partition coefficient (Wildman–Crippen LogP) is 0.763. The van der Waals surface area contributed by atoms with Gasteiger partial charge in [-0.3, -0.25) is 4.79 Å². The first-order valence-electron chi connectivity index (χ1n) is 4.25. The van der Waals surface area contributed by atoms with E-state index in [2.05, 4.69) is 4.74 Å².